The summed E-state index contributed by atoms with van der Waals surface area (Å²) in [5.74, 6) is 0. The van der Waals surface area contributed by atoms with E-state index in [0.717, 1.165) is 28.1 Å². The molecule has 6 heteroatoms. The Hall–Kier alpha value is -1.72. The van der Waals surface area contributed by atoms with Gasteiger partial charge in [-0.3, -0.25) is 4.72 Å². The van der Waals surface area contributed by atoms with Crippen LogP contribution in [-0.4, -0.2) is 14.7 Å². The van der Waals surface area contributed by atoms with Gasteiger partial charge in [0.15, 0.2) is 0 Å². The van der Waals surface area contributed by atoms with Gasteiger partial charge in [0.25, 0.3) is 0 Å². The highest BCUT2D eigenvalue weighted by molar-refractivity contribution is 7.92. The second-order valence-corrected chi connectivity index (χ2v) is 7.01. The van der Waals surface area contributed by atoms with Gasteiger partial charge in [-0.05, 0) is 36.2 Å². The molecule has 0 radical (unpaired) electrons. The summed E-state index contributed by atoms with van der Waals surface area (Å²) in [6.45, 7) is 2.51. The second kappa shape index (κ2) is 6.37. The van der Waals surface area contributed by atoms with Crippen molar-refractivity contribution in [3.8, 4) is 0 Å². The molecular formula is C15H17ClN2O2S. The van der Waals surface area contributed by atoms with Crippen LogP contribution in [0.4, 0.5) is 11.4 Å². The van der Waals surface area contributed by atoms with Gasteiger partial charge in [-0.25, -0.2) is 8.42 Å². The van der Waals surface area contributed by atoms with E-state index in [9.17, 15) is 8.42 Å². The van der Waals surface area contributed by atoms with E-state index in [4.69, 9.17) is 11.6 Å². The Morgan fingerprint density at radius 3 is 2.38 bits per heavy atom. The quantitative estimate of drug-likeness (QED) is 0.883. The minimum absolute atomic E-state index is 0.526. The van der Waals surface area contributed by atoms with Gasteiger partial charge in [0.1, 0.15) is 0 Å². The average molecular weight is 325 g/mol. The third-order valence-corrected chi connectivity index (χ3v) is 3.94. The van der Waals surface area contributed by atoms with Gasteiger partial charge >= 0.3 is 0 Å². The fourth-order valence-corrected chi connectivity index (χ4v) is 2.65. The first-order valence-electron chi connectivity index (χ1n) is 6.41. The van der Waals surface area contributed by atoms with Crippen LogP contribution in [0.5, 0.6) is 0 Å². The van der Waals surface area contributed by atoms with Crippen molar-refractivity contribution >= 4 is 33.0 Å². The lowest BCUT2D eigenvalue weighted by Crippen LogP contribution is -2.11. The molecule has 21 heavy (non-hydrogen) atoms. The van der Waals surface area contributed by atoms with Crippen molar-refractivity contribution in [3.63, 3.8) is 0 Å². The maximum absolute atomic E-state index is 11.4. The maximum atomic E-state index is 11.4. The van der Waals surface area contributed by atoms with Gasteiger partial charge in [0, 0.05) is 11.6 Å². The lowest BCUT2D eigenvalue weighted by atomic mass is 10.1. The van der Waals surface area contributed by atoms with E-state index in [0.29, 0.717) is 12.2 Å². The Labute approximate surface area is 130 Å². The smallest absolute Gasteiger partial charge is 0.229 e. The molecule has 0 atom stereocenters. The van der Waals surface area contributed by atoms with Crippen molar-refractivity contribution < 1.29 is 8.42 Å². The van der Waals surface area contributed by atoms with E-state index >= 15 is 0 Å². The summed E-state index contributed by atoms with van der Waals surface area (Å²) in [6.07, 6.45) is 1.13. The molecule has 112 valence electrons. The Morgan fingerprint density at radius 1 is 1.10 bits per heavy atom. The van der Waals surface area contributed by atoms with Crippen molar-refractivity contribution in [2.75, 3.05) is 16.3 Å². The molecule has 4 nitrogen and oxygen atoms in total. The van der Waals surface area contributed by atoms with E-state index < -0.39 is 10.0 Å². The number of benzene rings is 2. The zero-order valence-electron chi connectivity index (χ0n) is 11.9. The number of nitrogens with one attached hydrogen (secondary N) is 2. The summed E-state index contributed by atoms with van der Waals surface area (Å²) in [4.78, 5) is 0. The number of rotatable bonds is 5. The summed E-state index contributed by atoms with van der Waals surface area (Å²) < 4.78 is 25.2. The van der Waals surface area contributed by atoms with Crippen molar-refractivity contribution in [3.05, 3.63) is 58.6 Å². The van der Waals surface area contributed by atoms with Crippen LogP contribution >= 0.6 is 11.6 Å². The molecule has 0 aliphatic carbocycles. The molecular weight excluding hydrogens is 308 g/mol. The van der Waals surface area contributed by atoms with Crippen molar-refractivity contribution in [1.82, 2.24) is 0 Å². The molecule has 0 heterocycles. The number of anilines is 2. The van der Waals surface area contributed by atoms with Crippen LogP contribution < -0.4 is 10.0 Å². The molecule has 0 saturated carbocycles. The topological polar surface area (TPSA) is 58.2 Å². The van der Waals surface area contributed by atoms with Crippen molar-refractivity contribution in [2.24, 2.45) is 0 Å². The third-order valence-electron chi connectivity index (χ3n) is 2.94. The first kappa shape index (κ1) is 15.7. The van der Waals surface area contributed by atoms with Gasteiger partial charge in [0.05, 0.1) is 17.6 Å². The molecule has 0 spiro atoms. The summed E-state index contributed by atoms with van der Waals surface area (Å²) in [7, 11) is -3.31. The van der Waals surface area contributed by atoms with Crippen LogP contribution in [0.1, 0.15) is 11.1 Å². The van der Waals surface area contributed by atoms with Crippen molar-refractivity contribution in [1.29, 1.82) is 0 Å². The zero-order chi connectivity index (χ0) is 15.5. The molecule has 0 saturated heterocycles. The van der Waals surface area contributed by atoms with Gasteiger partial charge in [-0.1, -0.05) is 35.9 Å². The van der Waals surface area contributed by atoms with E-state index in [1.165, 1.54) is 0 Å². The lowest BCUT2D eigenvalue weighted by molar-refractivity contribution is 0.607. The number of para-hydroxylation sites is 2. The highest BCUT2D eigenvalue weighted by Crippen LogP contribution is 2.23. The highest BCUT2D eigenvalue weighted by Gasteiger charge is 2.07. The standard InChI is InChI=1S/C15H17ClN2O2S/c1-11-7-8-12(9-13(11)16)10-17-14-5-3-4-6-15(14)18-21(2,19)20/h3-9,17-18H,10H2,1-2H3. The summed E-state index contributed by atoms with van der Waals surface area (Å²) in [5, 5.41) is 3.93. The minimum atomic E-state index is -3.31. The molecule has 2 N–H and O–H groups in total. The Bertz CT molecular complexity index is 745. The first-order valence-corrected chi connectivity index (χ1v) is 8.68. The third kappa shape index (κ3) is 4.65. The van der Waals surface area contributed by atoms with Gasteiger partial charge in [-0.2, -0.15) is 0 Å². The molecule has 2 rings (SSSR count). The molecule has 0 unspecified atom stereocenters. The fraction of sp³-hybridized carbons (Fsp3) is 0.200. The molecule has 2 aromatic carbocycles. The Kier molecular flexibility index (Phi) is 4.75. The molecule has 0 fully saturated rings. The SMILES string of the molecule is Cc1ccc(CNc2ccccc2NS(C)(=O)=O)cc1Cl. The summed E-state index contributed by atoms with van der Waals surface area (Å²) >= 11 is 6.09. The molecule has 2 aromatic rings. The van der Waals surface area contributed by atoms with Gasteiger partial charge < -0.3 is 5.32 Å². The number of sulfonamides is 1. The number of hydrogen-bond donors (Lipinski definition) is 2. The molecule has 0 aromatic heterocycles. The monoisotopic (exact) mass is 324 g/mol. The van der Waals surface area contributed by atoms with Gasteiger partial charge in [-0.15, -0.1) is 0 Å². The Balaban J connectivity index is 2.14. The van der Waals surface area contributed by atoms with E-state index in [1.54, 1.807) is 12.1 Å². The number of hydrogen-bond acceptors (Lipinski definition) is 3. The first-order chi connectivity index (χ1) is 9.85. The fourth-order valence-electron chi connectivity index (χ4n) is 1.87. The Morgan fingerprint density at radius 2 is 1.76 bits per heavy atom. The van der Waals surface area contributed by atoms with Crippen LogP contribution in [0, 0.1) is 6.92 Å². The summed E-state index contributed by atoms with van der Waals surface area (Å²) in [5.41, 5.74) is 3.30. The molecule has 0 aliphatic rings. The largest absolute Gasteiger partial charge is 0.379 e. The molecule has 0 aliphatic heterocycles. The van der Waals surface area contributed by atoms with Crippen LogP contribution in [0.3, 0.4) is 0 Å². The van der Waals surface area contributed by atoms with E-state index in [1.807, 2.05) is 37.3 Å². The normalized spacial score (nSPS) is 11.2. The van der Waals surface area contributed by atoms with Crippen LogP contribution in [0.2, 0.25) is 5.02 Å². The van der Waals surface area contributed by atoms with E-state index in [2.05, 4.69) is 10.0 Å². The number of halogens is 1. The van der Waals surface area contributed by atoms with Crippen LogP contribution in [0.15, 0.2) is 42.5 Å². The van der Waals surface area contributed by atoms with Crippen LogP contribution in [-0.2, 0) is 16.6 Å². The van der Waals surface area contributed by atoms with E-state index in [-0.39, 0.29) is 0 Å². The van der Waals surface area contributed by atoms with Crippen molar-refractivity contribution in [2.45, 2.75) is 13.5 Å². The average Bonchev–Trinajstić information content (AvgIpc) is 2.40. The summed E-state index contributed by atoms with van der Waals surface area (Å²) in [6, 6.07) is 13.0. The molecule has 0 bridgehead atoms. The zero-order valence-corrected chi connectivity index (χ0v) is 13.4. The lowest BCUT2D eigenvalue weighted by Gasteiger charge is -2.13. The second-order valence-electron chi connectivity index (χ2n) is 4.86. The minimum Gasteiger partial charge on any atom is -0.379 e. The predicted molar refractivity (Wildman–Crippen MR) is 88.4 cm³/mol. The molecule has 0 amide bonds. The maximum Gasteiger partial charge on any atom is 0.229 e. The van der Waals surface area contributed by atoms with Gasteiger partial charge in [0.2, 0.25) is 10.0 Å². The van der Waals surface area contributed by atoms with Crippen LogP contribution in [0.25, 0.3) is 0 Å². The highest BCUT2D eigenvalue weighted by atomic mass is 35.5. The number of aryl methyl sites for hydroxylation is 1. The predicted octanol–water partition coefficient (Wildman–Crippen LogP) is 3.63.